The van der Waals surface area contributed by atoms with Crippen LogP contribution in [-0.2, 0) is 0 Å². The molecule has 2 N–H and O–H groups in total. The second kappa shape index (κ2) is 8.93. The van der Waals surface area contributed by atoms with Gasteiger partial charge in [0, 0.05) is 0 Å². The summed E-state index contributed by atoms with van der Waals surface area (Å²) in [5.41, 5.74) is -5.46. The number of rotatable bonds is 10. The van der Waals surface area contributed by atoms with Crippen LogP contribution in [0.1, 0.15) is 72.6 Å². The topological polar surface area (TPSA) is 40.5 Å². The fourth-order valence-electron chi connectivity index (χ4n) is 2.70. The smallest absolute Gasteiger partial charge is 0.381 e. The molecule has 0 aliphatic carbocycles. The van der Waals surface area contributed by atoms with Gasteiger partial charge in [-0.3, -0.25) is 0 Å². The lowest BCUT2D eigenvalue weighted by molar-refractivity contribution is -0.258. The first-order chi connectivity index (χ1) is 11.0. The number of halogens is 6. The summed E-state index contributed by atoms with van der Waals surface area (Å²) in [5.74, 6) is -0.378. The molecule has 0 saturated heterocycles. The zero-order valence-electron chi connectivity index (χ0n) is 15.3. The van der Waals surface area contributed by atoms with Crippen LogP contribution in [0.25, 0.3) is 0 Å². The maximum Gasteiger partial charge on any atom is 0.416 e. The minimum Gasteiger partial charge on any atom is -0.381 e. The lowest BCUT2D eigenvalue weighted by Crippen LogP contribution is -2.43. The predicted octanol–water partition coefficient (Wildman–Crippen LogP) is 5.62. The van der Waals surface area contributed by atoms with Gasteiger partial charge in [0.1, 0.15) is 0 Å². The van der Waals surface area contributed by atoms with E-state index < -0.39 is 30.0 Å². The molecule has 0 bridgehead atoms. The molecule has 152 valence electrons. The Kier molecular flexibility index (Phi) is 8.75. The molecule has 0 radical (unpaired) electrons. The highest BCUT2D eigenvalue weighted by molar-refractivity contribution is 4.84. The molecule has 2 nitrogen and oxygen atoms in total. The number of aliphatic hydroxyl groups is 2. The Morgan fingerprint density at radius 3 is 1.68 bits per heavy atom. The van der Waals surface area contributed by atoms with E-state index in [2.05, 4.69) is 0 Å². The molecule has 25 heavy (non-hydrogen) atoms. The molecule has 8 heteroatoms. The van der Waals surface area contributed by atoms with Crippen LogP contribution in [0.3, 0.4) is 0 Å². The predicted molar refractivity (Wildman–Crippen MR) is 84.0 cm³/mol. The summed E-state index contributed by atoms with van der Waals surface area (Å²) in [5, 5.41) is 18.9. The van der Waals surface area contributed by atoms with Gasteiger partial charge in [-0.2, -0.15) is 26.3 Å². The van der Waals surface area contributed by atoms with Crippen LogP contribution in [0, 0.1) is 11.8 Å². The monoisotopic (exact) mass is 380 g/mol. The van der Waals surface area contributed by atoms with Crippen molar-refractivity contribution in [3.63, 3.8) is 0 Å². The van der Waals surface area contributed by atoms with Crippen molar-refractivity contribution < 1.29 is 36.6 Å². The standard InChI is InChI=1S/C17H30F6O2/c1-5-13(11-15(4,25)17(21,22)23)8-6-7-12(2)9-10-14(3,24)16(18,19)20/h12-13,24-25H,5-11H2,1-4H3/t12-,13+,14?,15?/m0/s1. The van der Waals surface area contributed by atoms with Gasteiger partial charge < -0.3 is 10.2 Å². The van der Waals surface area contributed by atoms with Crippen molar-refractivity contribution in [2.75, 3.05) is 0 Å². The van der Waals surface area contributed by atoms with Crippen molar-refractivity contribution in [1.82, 2.24) is 0 Å². The molecule has 0 saturated carbocycles. The van der Waals surface area contributed by atoms with E-state index in [0.29, 0.717) is 25.7 Å². The summed E-state index contributed by atoms with van der Waals surface area (Å²) in [7, 11) is 0. The van der Waals surface area contributed by atoms with Gasteiger partial charge >= 0.3 is 12.4 Å². The Balaban J connectivity index is 4.32. The highest BCUT2D eigenvalue weighted by Gasteiger charge is 2.50. The van der Waals surface area contributed by atoms with E-state index in [-0.39, 0.29) is 24.7 Å². The van der Waals surface area contributed by atoms with Gasteiger partial charge in [0.2, 0.25) is 0 Å². The average molecular weight is 380 g/mol. The third kappa shape index (κ3) is 8.15. The van der Waals surface area contributed by atoms with E-state index in [1.54, 1.807) is 13.8 Å². The van der Waals surface area contributed by atoms with Crippen molar-refractivity contribution >= 4 is 0 Å². The number of hydrogen-bond donors (Lipinski definition) is 2. The van der Waals surface area contributed by atoms with E-state index >= 15 is 0 Å². The Morgan fingerprint density at radius 2 is 1.28 bits per heavy atom. The average Bonchev–Trinajstić information content (AvgIpc) is 2.41. The largest absolute Gasteiger partial charge is 0.416 e. The van der Waals surface area contributed by atoms with Gasteiger partial charge in [0.15, 0.2) is 11.2 Å². The van der Waals surface area contributed by atoms with Crippen LogP contribution in [0.4, 0.5) is 26.3 Å². The summed E-state index contributed by atoms with van der Waals surface area (Å²) in [6, 6.07) is 0. The Labute approximate surface area is 145 Å². The maximum absolute atomic E-state index is 12.7. The van der Waals surface area contributed by atoms with Crippen LogP contribution in [0.5, 0.6) is 0 Å². The summed E-state index contributed by atoms with van der Waals surface area (Å²) in [6.45, 7) is 5.02. The third-order valence-electron chi connectivity index (χ3n) is 4.92. The van der Waals surface area contributed by atoms with E-state index in [1.807, 2.05) is 0 Å². The third-order valence-corrected chi connectivity index (χ3v) is 4.92. The quantitative estimate of drug-likeness (QED) is 0.483. The van der Waals surface area contributed by atoms with Gasteiger partial charge in [-0.15, -0.1) is 0 Å². The van der Waals surface area contributed by atoms with E-state index in [0.717, 1.165) is 13.8 Å². The fourth-order valence-corrected chi connectivity index (χ4v) is 2.70. The van der Waals surface area contributed by atoms with Gasteiger partial charge in [-0.1, -0.05) is 39.5 Å². The van der Waals surface area contributed by atoms with Crippen molar-refractivity contribution in [1.29, 1.82) is 0 Å². The summed E-state index contributed by atoms with van der Waals surface area (Å²) < 4.78 is 75.9. The molecule has 0 aromatic carbocycles. The van der Waals surface area contributed by atoms with Crippen molar-refractivity contribution in [2.45, 2.75) is 96.2 Å². The molecule has 0 aliphatic rings. The highest BCUT2D eigenvalue weighted by atomic mass is 19.4. The SMILES string of the molecule is CC[C@H](CCC[C@H](C)CCC(C)(O)C(F)(F)F)CC(C)(O)C(F)(F)F. The van der Waals surface area contributed by atoms with Crippen molar-refractivity contribution in [3.8, 4) is 0 Å². The van der Waals surface area contributed by atoms with Crippen molar-refractivity contribution in [3.05, 3.63) is 0 Å². The molecule has 0 aliphatic heterocycles. The molecular formula is C17H30F6O2. The molecule has 0 rings (SSSR count). The minimum absolute atomic E-state index is 0.0746. The molecule has 0 aromatic rings. The highest BCUT2D eigenvalue weighted by Crippen LogP contribution is 2.38. The van der Waals surface area contributed by atoms with Crippen LogP contribution in [0.2, 0.25) is 0 Å². The molecule has 0 aromatic heterocycles. The first-order valence-electron chi connectivity index (χ1n) is 8.61. The maximum atomic E-state index is 12.7. The first-order valence-corrected chi connectivity index (χ1v) is 8.61. The normalized spacial score (nSPS) is 20.6. The first kappa shape index (κ1) is 24.5. The molecular weight excluding hydrogens is 350 g/mol. The fraction of sp³-hybridized carbons (Fsp3) is 1.00. The van der Waals surface area contributed by atoms with Crippen LogP contribution < -0.4 is 0 Å². The molecule has 2 unspecified atom stereocenters. The van der Waals surface area contributed by atoms with E-state index in [9.17, 15) is 36.6 Å². The van der Waals surface area contributed by atoms with Gasteiger partial charge in [0.25, 0.3) is 0 Å². The van der Waals surface area contributed by atoms with Crippen LogP contribution in [0.15, 0.2) is 0 Å². The van der Waals surface area contributed by atoms with Gasteiger partial charge in [-0.05, 0) is 44.9 Å². The summed E-state index contributed by atoms with van der Waals surface area (Å²) >= 11 is 0. The van der Waals surface area contributed by atoms with E-state index in [4.69, 9.17) is 0 Å². The minimum atomic E-state index is -4.68. The van der Waals surface area contributed by atoms with Gasteiger partial charge in [0.05, 0.1) is 0 Å². The number of hydrogen-bond acceptors (Lipinski definition) is 2. The lowest BCUT2D eigenvalue weighted by Gasteiger charge is -2.30. The number of alkyl halides is 6. The van der Waals surface area contributed by atoms with Crippen molar-refractivity contribution in [2.24, 2.45) is 11.8 Å². The Morgan fingerprint density at radius 1 is 0.800 bits per heavy atom. The molecule has 0 amide bonds. The summed E-state index contributed by atoms with van der Waals surface area (Å²) in [4.78, 5) is 0. The second-order valence-corrected chi connectivity index (χ2v) is 7.60. The molecule has 0 fully saturated rings. The molecule has 0 heterocycles. The molecule has 4 atom stereocenters. The lowest BCUT2D eigenvalue weighted by atomic mass is 9.84. The Hall–Kier alpha value is -0.500. The summed E-state index contributed by atoms with van der Waals surface area (Å²) in [6.07, 6.45) is -7.86. The van der Waals surface area contributed by atoms with Crippen LogP contribution in [-0.4, -0.2) is 33.8 Å². The Bertz CT molecular complexity index is 388. The molecule has 0 spiro atoms. The van der Waals surface area contributed by atoms with Gasteiger partial charge in [-0.25, -0.2) is 0 Å². The second-order valence-electron chi connectivity index (χ2n) is 7.60. The zero-order chi connectivity index (χ0) is 20.1. The van der Waals surface area contributed by atoms with E-state index in [1.165, 1.54) is 0 Å². The zero-order valence-corrected chi connectivity index (χ0v) is 15.3. The van der Waals surface area contributed by atoms with Crippen LogP contribution >= 0.6 is 0 Å².